The summed E-state index contributed by atoms with van der Waals surface area (Å²) in [6.07, 6.45) is 8.62. The Labute approximate surface area is 109 Å². The van der Waals surface area contributed by atoms with Crippen LogP contribution in [-0.4, -0.2) is 11.2 Å². The van der Waals surface area contributed by atoms with E-state index in [0.29, 0.717) is 12.0 Å². The Balaban J connectivity index is 1.74. The summed E-state index contributed by atoms with van der Waals surface area (Å²) in [5, 5.41) is 9.99. The zero-order valence-corrected chi connectivity index (χ0v) is 10.9. The summed E-state index contributed by atoms with van der Waals surface area (Å²) in [6.45, 7) is 0. The molecule has 1 nitrogen and oxygen atoms in total. The van der Waals surface area contributed by atoms with E-state index >= 15 is 0 Å². The highest BCUT2D eigenvalue weighted by atomic mass is 19.1. The first-order valence-electron chi connectivity index (χ1n) is 7.17. The van der Waals surface area contributed by atoms with Crippen LogP contribution in [0.5, 0.6) is 0 Å². The molecule has 1 unspecified atom stereocenters. The molecule has 1 N–H and O–H groups in total. The van der Waals surface area contributed by atoms with E-state index in [4.69, 9.17) is 0 Å². The van der Waals surface area contributed by atoms with Gasteiger partial charge >= 0.3 is 0 Å². The van der Waals surface area contributed by atoms with Crippen LogP contribution in [0.25, 0.3) is 0 Å². The number of hydrogen-bond acceptors (Lipinski definition) is 1. The van der Waals surface area contributed by atoms with Crippen molar-refractivity contribution in [2.45, 2.75) is 57.5 Å². The van der Waals surface area contributed by atoms with Crippen LogP contribution in [0.3, 0.4) is 0 Å². The zero-order chi connectivity index (χ0) is 12.8. The summed E-state index contributed by atoms with van der Waals surface area (Å²) in [5.74, 6) is 0.586. The summed E-state index contributed by atoms with van der Waals surface area (Å²) >= 11 is 0. The predicted octanol–water partition coefficient (Wildman–Crippen LogP) is 4.09. The number of benzene rings is 1. The van der Waals surface area contributed by atoms with Crippen molar-refractivity contribution in [3.63, 3.8) is 0 Å². The van der Waals surface area contributed by atoms with Crippen molar-refractivity contribution >= 4 is 0 Å². The molecular formula is C16H23FO. The van der Waals surface area contributed by atoms with Crippen LogP contribution in [0.1, 0.15) is 50.5 Å². The van der Waals surface area contributed by atoms with E-state index in [1.54, 1.807) is 12.1 Å². The van der Waals surface area contributed by atoms with Crippen molar-refractivity contribution in [1.29, 1.82) is 0 Å². The fraction of sp³-hybridized carbons (Fsp3) is 0.625. The normalized spacial score (nSPS) is 18.8. The quantitative estimate of drug-likeness (QED) is 0.834. The van der Waals surface area contributed by atoms with Crippen LogP contribution < -0.4 is 0 Å². The second-order valence-corrected chi connectivity index (χ2v) is 5.53. The number of hydrogen-bond donors (Lipinski definition) is 1. The maximum absolute atomic E-state index is 13.4. The fourth-order valence-electron chi connectivity index (χ4n) is 2.92. The van der Waals surface area contributed by atoms with Gasteiger partial charge in [-0.1, -0.05) is 50.3 Å². The average Bonchev–Trinajstić information content (AvgIpc) is 2.40. The Morgan fingerprint density at radius 3 is 2.61 bits per heavy atom. The summed E-state index contributed by atoms with van der Waals surface area (Å²) in [4.78, 5) is 0. The Morgan fingerprint density at radius 2 is 1.89 bits per heavy atom. The molecule has 1 aliphatic rings. The van der Waals surface area contributed by atoms with Crippen molar-refractivity contribution in [3.8, 4) is 0 Å². The molecule has 0 bridgehead atoms. The first-order valence-corrected chi connectivity index (χ1v) is 7.17. The van der Waals surface area contributed by atoms with Crippen LogP contribution in [0, 0.1) is 11.7 Å². The average molecular weight is 250 g/mol. The molecule has 1 fully saturated rings. The number of rotatable bonds is 5. The van der Waals surface area contributed by atoms with E-state index in [1.807, 2.05) is 6.07 Å². The molecule has 100 valence electrons. The third kappa shape index (κ3) is 4.09. The maximum atomic E-state index is 13.4. The van der Waals surface area contributed by atoms with E-state index in [2.05, 4.69) is 0 Å². The van der Waals surface area contributed by atoms with Crippen LogP contribution in [0.15, 0.2) is 24.3 Å². The van der Waals surface area contributed by atoms with E-state index in [0.717, 1.165) is 18.8 Å². The van der Waals surface area contributed by atoms with Crippen molar-refractivity contribution in [2.24, 2.45) is 5.92 Å². The van der Waals surface area contributed by atoms with Gasteiger partial charge in [0.25, 0.3) is 0 Å². The molecule has 2 heteroatoms. The highest BCUT2D eigenvalue weighted by molar-refractivity contribution is 5.17. The van der Waals surface area contributed by atoms with Gasteiger partial charge in [-0.3, -0.25) is 0 Å². The van der Waals surface area contributed by atoms with E-state index < -0.39 is 6.10 Å². The standard InChI is InChI=1S/C16H23FO/c17-16-9-5-4-8-14(16)12-15(18)11-10-13-6-2-1-3-7-13/h4-5,8-9,13,15,18H,1-3,6-7,10-12H2. The summed E-state index contributed by atoms with van der Waals surface area (Å²) in [6, 6.07) is 6.74. The minimum atomic E-state index is -0.399. The van der Waals surface area contributed by atoms with Crippen molar-refractivity contribution in [1.82, 2.24) is 0 Å². The number of aliphatic hydroxyl groups is 1. The van der Waals surface area contributed by atoms with Gasteiger partial charge < -0.3 is 5.11 Å². The van der Waals surface area contributed by atoms with Gasteiger partial charge in [-0.15, -0.1) is 0 Å². The van der Waals surface area contributed by atoms with Crippen molar-refractivity contribution in [2.75, 3.05) is 0 Å². The molecule has 0 radical (unpaired) electrons. The lowest BCUT2D eigenvalue weighted by Gasteiger charge is -2.22. The van der Waals surface area contributed by atoms with Gasteiger partial charge in [0, 0.05) is 6.42 Å². The molecule has 0 spiro atoms. The van der Waals surface area contributed by atoms with Crippen LogP contribution in [-0.2, 0) is 6.42 Å². The zero-order valence-electron chi connectivity index (χ0n) is 10.9. The molecular weight excluding hydrogens is 227 g/mol. The molecule has 0 aromatic heterocycles. The lowest BCUT2D eigenvalue weighted by Crippen LogP contribution is -2.15. The predicted molar refractivity (Wildman–Crippen MR) is 71.9 cm³/mol. The summed E-state index contributed by atoms with van der Waals surface area (Å²) < 4.78 is 13.4. The third-order valence-electron chi connectivity index (χ3n) is 4.05. The molecule has 1 aromatic rings. The molecule has 1 aliphatic carbocycles. The monoisotopic (exact) mass is 250 g/mol. The smallest absolute Gasteiger partial charge is 0.126 e. The number of halogens is 1. The third-order valence-corrected chi connectivity index (χ3v) is 4.05. The Kier molecular flexibility index (Phi) is 5.18. The van der Waals surface area contributed by atoms with Crippen molar-refractivity contribution < 1.29 is 9.50 Å². The largest absolute Gasteiger partial charge is 0.393 e. The first-order chi connectivity index (χ1) is 8.75. The van der Waals surface area contributed by atoms with Gasteiger partial charge in [0.2, 0.25) is 0 Å². The van der Waals surface area contributed by atoms with Crippen LogP contribution >= 0.6 is 0 Å². The second-order valence-electron chi connectivity index (χ2n) is 5.53. The van der Waals surface area contributed by atoms with Crippen LogP contribution in [0.4, 0.5) is 4.39 Å². The highest BCUT2D eigenvalue weighted by Gasteiger charge is 2.16. The topological polar surface area (TPSA) is 20.2 Å². The van der Waals surface area contributed by atoms with Gasteiger partial charge in [0.05, 0.1) is 6.10 Å². The highest BCUT2D eigenvalue weighted by Crippen LogP contribution is 2.28. The first kappa shape index (κ1) is 13.5. The molecule has 0 saturated heterocycles. The molecule has 18 heavy (non-hydrogen) atoms. The minimum absolute atomic E-state index is 0.200. The SMILES string of the molecule is OC(CCC1CCCCC1)Cc1ccccc1F. The van der Waals surface area contributed by atoms with E-state index in [1.165, 1.54) is 38.2 Å². The molecule has 1 saturated carbocycles. The van der Waals surface area contributed by atoms with Gasteiger partial charge in [-0.25, -0.2) is 4.39 Å². The molecule has 0 heterocycles. The Morgan fingerprint density at radius 1 is 1.17 bits per heavy atom. The number of aliphatic hydroxyl groups excluding tert-OH is 1. The summed E-state index contributed by atoms with van der Waals surface area (Å²) in [5.41, 5.74) is 0.633. The molecule has 1 aromatic carbocycles. The van der Waals surface area contributed by atoms with Crippen molar-refractivity contribution in [3.05, 3.63) is 35.6 Å². The van der Waals surface area contributed by atoms with Gasteiger partial charge in [0.15, 0.2) is 0 Å². The molecule has 0 aliphatic heterocycles. The summed E-state index contributed by atoms with van der Waals surface area (Å²) in [7, 11) is 0. The Hall–Kier alpha value is -0.890. The van der Waals surface area contributed by atoms with Crippen LogP contribution in [0.2, 0.25) is 0 Å². The Bertz CT molecular complexity index is 358. The lowest BCUT2D eigenvalue weighted by molar-refractivity contribution is 0.148. The molecule has 1 atom stereocenters. The fourth-order valence-corrected chi connectivity index (χ4v) is 2.92. The molecule has 0 amide bonds. The molecule has 2 rings (SSSR count). The van der Waals surface area contributed by atoms with Gasteiger partial charge in [-0.05, 0) is 30.4 Å². The lowest BCUT2D eigenvalue weighted by atomic mass is 9.85. The van der Waals surface area contributed by atoms with Gasteiger partial charge in [0.1, 0.15) is 5.82 Å². The van der Waals surface area contributed by atoms with E-state index in [9.17, 15) is 9.50 Å². The van der Waals surface area contributed by atoms with E-state index in [-0.39, 0.29) is 5.82 Å². The maximum Gasteiger partial charge on any atom is 0.126 e. The van der Waals surface area contributed by atoms with Gasteiger partial charge in [-0.2, -0.15) is 0 Å². The second kappa shape index (κ2) is 6.89. The minimum Gasteiger partial charge on any atom is -0.393 e.